The highest BCUT2D eigenvalue weighted by Crippen LogP contribution is 2.65. The lowest BCUT2D eigenvalue weighted by Crippen LogP contribution is -2.59. The van der Waals surface area contributed by atoms with Crippen molar-refractivity contribution in [3.05, 3.63) is 140 Å². The van der Waals surface area contributed by atoms with Crippen LogP contribution in [0.5, 0.6) is 0 Å². The summed E-state index contributed by atoms with van der Waals surface area (Å²) in [6, 6.07) is 16.0. The SMILES string of the molecule is [C-]#[N+]c1ccc2c(c1C)CCC1C2CC[C@@]2(C)C1CCC[C@]2(O)Cc1cc[n+](O)cc1.[C-]#[N+]c1ccc2c(c1Cl)CCC1C2CC[C@@]2(C)C1CCC[C@]2(O)Cc1cc[n+](O)cc1. The second kappa shape index (κ2) is 16.3. The van der Waals surface area contributed by atoms with Gasteiger partial charge >= 0.3 is 0 Å². The fourth-order valence-corrected chi connectivity index (χ4v) is 15.0. The first-order chi connectivity index (χ1) is 29.7. The van der Waals surface area contributed by atoms with E-state index in [0.29, 0.717) is 59.1 Å². The number of fused-ring (bicyclic) bond motifs is 10. The van der Waals surface area contributed by atoms with Gasteiger partial charge in [0.1, 0.15) is 0 Å². The molecule has 0 spiro atoms. The van der Waals surface area contributed by atoms with Crippen LogP contribution < -0.4 is 9.46 Å². The molecule has 6 aliphatic carbocycles. The number of nitrogens with zero attached hydrogens (tertiary/aromatic N) is 4. The molecule has 8 nitrogen and oxygen atoms in total. The van der Waals surface area contributed by atoms with Gasteiger partial charge in [0.25, 0.3) is 0 Å². The molecule has 6 aliphatic rings. The average molecular weight is 856 g/mol. The minimum atomic E-state index is -0.728. The maximum Gasteiger partial charge on any atom is 0.222 e. The second-order valence-electron chi connectivity index (χ2n) is 20.6. The molecular formula is C53H63ClN4O4+2. The molecule has 4 saturated carbocycles. The number of aliphatic hydroxyl groups is 2. The standard InChI is InChI=1S/C27H33N2O2.C26H30ClN2O2/c1-18-20-6-7-23-22(21(20)8-9-25(18)28-3)10-14-26(2)24(23)5-4-13-27(26,30)17-19-11-15-29(31)16-12-19;1-25-13-9-19-18-7-8-23(28-2)24(27)21(18)6-5-20(19)22(25)4-3-12-26(25,30)16-17-10-14-29(31)15-11-17/h8-9,11-12,15-16,22-24,30-31H,4-7,10,13-14,17H2,1-2H3;7-8,10-11,14-15,19-20,22,30-31H,3-6,9,12-13,16H2,1H3/q2*+1/t22?,23?,24?,26-,27-;19?,20?,22?,25-,26-/m00/s1. The molecule has 62 heavy (non-hydrogen) atoms. The molecule has 324 valence electrons. The van der Waals surface area contributed by atoms with Crippen molar-refractivity contribution in [1.29, 1.82) is 0 Å². The van der Waals surface area contributed by atoms with Crippen molar-refractivity contribution in [2.45, 2.75) is 147 Å². The van der Waals surface area contributed by atoms with E-state index >= 15 is 0 Å². The van der Waals surface area contributed by atoms with Crippen LogP contribution in [0.4, 0.5) is 11.4 Å². The molecule has 6 unspecified atom stereocenters. The van der Waals surface area contributed by atoms with Crippen molar-refractivity contribution < 1.29 is 30.1 Å². The van der Waals surface area contributed by atoms with Crippen molar-refractivity contribution in [1.82, 2.24) is 0 Å². The first-order valence-electron chi connectivity index (χ1n) is 23.2. The third-order valence-electron chi connectivity index (χ3n) is 18.1. The highest BCUT2D eigenvalue weighted by atomic mass is 35.5. The van der Waals surface area contributed by atoms with Gasteiger partial charge in [0.2, 0.25) is 30.5 Å². The summed E-state index contributed by atoms with van der Waals surface area (Å²) in [5.41, 5.74) is 8.53. The summed E-state index contributed by atoms with van der Waals surface area (Å²) < 4.78 is 2.11. The fourth-order valence-electron chi connectivity index (χ4n) is 14.7. The van der Waals surface area contributed by atoms with E-state index in [4.69, 9.17) is 24.7 Å². The summed E-state index contributed by atoms with van der Waals surface area (Å²) in [7, 11) is 0. The predicted molar refractivity (Wildman–Crippen MR) is 239 cm³/mol. The van der Waals surface area contributed by atoms with Crippen LogP contribution in [-0.4, -0.2) is 31.8 Å². The van der Waals surface area contributed by atoms with E-state index < -0.39 is 11.2 Å². The molecule has 0 aliphatic heterocycles. The van der Waals surface area contributed by atoms with E-state index in [1.807, 2.05) is 36.4 Å². The molecule has 10 rings (SSSR count). The van der Waals surface area contributed by atoms with Crippen LogP contribution >= 0.6 is 11.6 Å². The summed E-state index contributed by atoms with van der Waals surface area (Å²) in [5, 5.41) is 43.8. The number of hydrogen-bond acceptors (Lipinski definition) is 4. The first-order valence-corrected chi connectivity index (χ1v) is 23.6. The second-order valence-corrected chi connectivity index (χ2v) is 21.0. The molecular weight excluding hydrogens is 792 g/mol. The lowest BCUT2D eigenvalue weighted by atomic mass is 9.45. The highest BCUT2D eigenvalue weighted by molar-refractivity contribution is 6.34. The minimum Gasteiger partial charge on any atom is -0.389 e. The largest absolute Gasteiger partial charge is 0.389 e. The van der Waals surface area contributed by atoms with Crippen molar-refractivity contribution in [3.8, 4) is 0 Å². The van der Waals surface area contributed by atoms with E-state index in [-0.39, 0.29) is 10.8 Å². The number of rotatable bonds is 4. The van der Waals surface area contributed by atoms with Gasteiger partial charge in [0.15, 0.2) is 5.69 Å². The van der Waals surface area contributed by atoms with Crippen LogP contribution in [0.3, 0.4) is 0 Å². The summed E-state index contributed by atoms with van der Waals surface area (Å²) in [6.45, 7) is 21.6. The quantitative estimate of drug-likeness (QED) is 0.0934. The van der Waals surface area contributed by atoms with E-state index in [9.17, 15) is 20.6 Å². The van der Waals surface area contributed by atoms with Gasteiger partial charge in [-0.3, -0.25) is 10.4 Å². The molecule has 9 heteroatoms. The van der Waals surface area contributed by atoms with Crippen molar-refractivity contribution in [2.75, 3.05) is 0 Å². The van der Waals surface area contributed by atoms with E-state index in [1.165, 1.54) is 47.1 Å². The lowest BCUT2D eigenvalue weighted by molar-refractivity contribution is -0.904. The molecule has 4 fully saturated rings. The molecule has 4 aromatic rings. The van der Waals surface area contributed by atoms with Crippen molar-refractivity contribution in [2.24, 2.45) is 34.5 Å². The van der Waals surface area contributed by atoms with Crippen LogP contribution in [0.1, 0.15) is 142 Å². The Balaban J connectivity index is 0.000000158. The Morgan fingerprint density at radius 1 is 0.613 bits per heavy atom. The van der Waals surface area contributed by atoms with Gasteiger partial charge in [0, 0.05) is 46.6 Å². The van der Waals surface area contributed by atoms with E-state index in [2.05, 4.69) is 42.6 Å². The van der Waals surface area contributed by atoms with Gasteiger partial charge in [-0.25, -0.2) is 9.69 Å². The van der Waals surface area contributed by atoms with Crippen LogP contribution in [-0.2, 0) is 25.7 Å². The third kappa shape index (κ3) is 7.01. The smallest absolute Gasteiger partial charge is 0.222 e. The van der Waals surface area contributed by atoms with Crippen LogP contribution in [0.25, 0.3) is 9.69 Å². The average Bonchev–Trinajstić information content (AvgIpc) is 3.26. The molecule has 0 saturated heterocycles. The molecule has 10 atom stereocenters. The number of pyridine rings is 2. The summed E-state index contributed by atoms with van der Waals surface area (Å²) >= 11 is 6.60. The number of hydrogen-bond donors (Lipinski definition) is 4. The van der Waals surface area contributed by atoms with Gasteiger partial charge in [-0.2, -0.15) is 0 Å². The topological polar surface area (TPSA) is 97.4 Å². The number of benzene rings is 2. The monoisotopic (exact) mass is 854 g/mol. The molecule has 2 aromatic carbocycles. The zero-order valence-electron chi connectivity index (χ0n) is 36.7. The Hall–Kier alpha value is -4.47. The van der Waals surface area contributed by atoms with Crippen LogP contribution in [0, 0.1) is 54.6 Å². The predicted octanol–water partition coefficient (Wildman–Crippen LogP) is 10.9. The maximum atomic E-state index is 12.0. The molecule has 0 radical (unpaired) electrons. The van der Waals surface area contributed by atoms with E-state index in [0.717, 1.165) is 96.9 Å². The molecule has 0 bridgehead atoms. The molecule has 2 heterocycles. The molecule has 2 aromatic heterocycles. The molecule has 0 amide bonds. The summed E-state index contributed by atoms with van der Waals surface area (Å²) in [6.07, 6.45) is 22.6. The first kappa shape index (κ1) is 42.8. The van der Waals surface area contributed by atoms with Gasteiger partial charge in [-0.15, -0.1) is 0 Å². The van der Waals surface area contributed by atoms with Crippen LogP contribution in [0.2, 0.25) is 5.02 Å². The lowest BCUT2D eigenvalue weighted by Gasteiger charge is -2.61. The van der Waals surface area contributed by atoms with Gasteiger partial charge in [-0.05, 0) is 164 Å². The zero-order valence-corrected chi connectivity index (χ0v) is 37.4. The van der Waals surface area contributed by atoms with E-state index in [1.54, 1.807) is 24.8 Å². The Kier molecular flexibility index (Phi) is 11.2. The summed E-state index contributed by atoms with van der Waals surface area (Å²) in [5.74, 6) is 3.24. The number of aromatic nitrogens is 2. The zero-order chi connectivity index (χ0) is 43.6. The van der Waals surface area contributed by atoms with Crippen molar-refractivity contribution in [3.63, 3.8) is 0 Å². The maximum absolute atomic E-state index is 12.0. The Morgan fingerprint density at radius 2 is 1.05 bits per heavy atom. The normalized spacial score (nSPS) is 34.2. The minimum absolute atomic E-state index is 0.0829. The van der Waals surface area contributed by atoms with Gasteiger partial charge in [-0.1, -0.05) is 68.1 Å². The van der Waals surface area contributed by atoms with Gasteiger partial charge < -0.3 is 10.2 Å². The Bertz CT molecular complexity index is 2260. The summed E-state index contributed by atoms with van der Waals surface area (Å²) in [4.78, 5) is 7.31. The highest BCUT2D eigenvalue weighted by Gasteiger charge is 2.60. The van der Waals surface area contributed by atoms with Gasteiger partial charge in [0.05, 0.1) is 29.4 Å². The number of halogens is 1. The molecule has 4 N–H and O–H groups in total. The Labute approximate surface area is 372 Å². The van der Waals surface area contributed by atoms with Crippen molar-refractivity contribution >= 4 is 23.0 Å². The fraction of sp³-hybridized carbons (Fsp3) is 0.547. The van der Waals surface area contributed by atoms with Crippen LogP contribution in [0.15, 0.2) is 73.3 Å². The third-order valence-corrected chi connectivity index (χ3v) is 18.5. The Morgan fingerprint density at radius 3 is 1.52 bits per heavy atom.